The Morgan fingerprint density at radius 3 is 2.50 bits per heavy atom. The number of fused-ring (bicyclic) bond motifs is 3. The van der Waals surface area contributed by atoms with E-state index in [-0.39, 0.29) is 5.91 Å². The second-order valence-electron chi connectivity index (χ2n) is 6.70. The predicted molar refractivity (Wildman–Crippen MR) is 118 cm³/mol. The molecule has 28 heavy (non-hydrogen) atoms. The third kappa shape index (κ3) is 3.50. The van der Waals surface area contributed by atoms with Crippen LogP contribution in [0.1, 0.15) is 13.8 Å². The molecule has 4 aromatic rings. The molecule has 142 valence electrons. The summed E-state index contributed by atoms with van der Waals surface area (Å²) in [4.78, 5) is 12.6. The van der Waals surface area contributed by atoms with Gasteiger partial charge in [-0.15, -0.1) is 0 Å². The monoisotopic (exact) mass is 436 g/mol. The number of benzene rings is 3. The molecule has 0 aliphatic heterocycles. The number of amides is 1. The van der Waals surface area contributed by atoms with Crippen LogP contribution >= 0.6 is 15.9 Å². The number of nitrogens with zero attached hydrogens (tertiary/aromatic N) is 1. The van der Waals surface area contributed by atoms with Gasteiger partial charge in [0, 0.05) is 38.5 Å². The van der Waals surface area contributed by atoms with Gasteiger partial charge in [-0.1, -0.05) is 34.1 Å². The molecule has 1 amide bonds. The summed E-state index contributed by atoms with van der Waals surface area (Å²) < 4.78 is 9.00. The van der Waals surface area contributed by atoms with Crippen molar-refractivity contribution in [3.05, 3.63) is 71.2 Å². The van der Waals surface area contributed by atoms with Crippen LogP contribution < -0.4 is 10.1 Å². The first kappa shape index (κ1) is 18.6. The third-order valence-corrected chi connectivity index (χ3v) is 5.38. The van der Waals surface area contributed by atoms with E-state index < -0.39 is 6.10 Å². The topological polar surface area (TPSA) is 43.3 Å². The zero-order valence-corrected chi connectivity index (χ0v) is 17.4. The number of hydrogen-bond acceptors (Lipinski definition) is 2. The van der Waals surface area contributed by atoms with E-state index in [2.05, 4.69) is 57.0 Å². The summed E-state index contributed by atoms with van der Waals surface area (Å²) in [5, 5.41) is 5.30. The van der Waals surface area contributed by atoms with Gasteiger partial charge in [0.25, 0.3) is 5.91 Å². The van der Waals surface area contributed by atoms with Crippen molar-refractivity contribution in [2.24, 2.45) is 0 Å². The molecule has 1 N–H and O–H groups in total. The Morgan fingerprint density at radius 1 is 1.04 bits per heavy atom. The maximum atomic E-state index is 12.6. The highest BCUT2D eigenvalue weighted by atomic mass is 79.9. The van der Waals surface area contributed by atoms with Crippen molar-refractivity contribution >= 4 is 49.3 Å². The number of nitrogens with one attached hydrogen (secondary N) is 1. The minimum absolute atomic E-state index is 0.179. The van der Waals surface area contributed by atoms with Gasteiger partial charge >= 0.3 is 0 Å². The standard InChI is InChI=1S/C23H21BrN2O2/c1-3-26-21-7-5-4-6-19(21)20-14-17(10-13-22(20)26)25-23(27)15(2)28-18-11-8-16(24)9-12-18/h4-15H,3H2,1-2H3,(H,25,27)/t15-/m0/s1. The van der Waals surface area contributed by atoms with E-state index in [0.29, 0.717) is 5.75 Å². The minimum atomic E-state index is -0.603. The largest absolute Gasteiger partial charge is 0.481 e. The first-order valence-corrected chi connectivity index (χ1v) is 10.1. The molecule has 4 nitrogen and oxygen atoms in total. The number of aryl methyl sites for hydroxylation is 1. The molecule has 0 saturated carbocycles. The quantitative estimate of drug-likeness (QED) is 0.417. The highest BCUT2D eigenvalue weighted by Gasteiger charge is 2.16. The number of carbonyl (C=O) groups excluding carboxylic acids is 1. The van der Waals surface area contributed by atoms with Crippen LogP contribution in [0.2, 0.25) is 0 Å². The lowest BCUT2D eigenvalue weighted by Gasteiger charge is -2.15. The van der Waals surface area contributed by atoms with Crippen molar-refractivity contribution in [3.63, 3.8) is 0 Å². The molecule has 1 atom stereocenters. The summed E-state index contributed by atoms with van der Waals surface area (Å²) in [5.74, 6) is 0.480. The van der Waals surface area contributed by atoms with Gasteiger partial charge in [0.15, 0.2) is 6.10 Å². The summed E-state index contributed by atoms with van der Waals surface area (Å²) >= 11 is 3.39. The highest BCUT2D eigenvalue weighted by Crippen LogP contribution is 2.31. The zero-order valence-electron chi connectivity index (χ0n) is 15.8. The fourth-order valence-electron chi connectivity index (χ4n) is 3.49. The molecular weight excluding hydrogens is 416 g/mol. The second-order valence-corrected chi connectivity index (χ2v) is 7.61. The van der Waals surface area contributed by atoms with Crippen molar-refractivity contribution in [3.8, 4) is 5.75 Å². The highest BCUT2D eigenvalue weighted by molar-refractivity contribution is 9.10. The van der Waals surface area contributed by atoms with Gasteiger partial charge in [-0.2, -0.15) is 0 Å². The predicted octanol–water partition coefficient (Wildman–Crippen LogP) is 5.98. The molecule has 3 aromatic carbocycles. The fourth-order valence-corrected chi connectivity index (χ4v) is 3.75. The molecule has 0 aliphatic carbocycles. The molecule has 0 radical (unpaired) electrons. The molecule has 1 aromatic heterocycles. The summed E-state index contributed by atoms with van der Waals surface area (Å²) in [7, 11) is 0. The molecular formula is C23H21BrN2O2. The van der Waals surface area contributed by atoms with Gasteiger partial charge in [0.05, 0.1) is 0 Å². The van der Waals surface area contributed by atoms with Crippen LogP contribution in [0.5, 0.6) is 5.75 Å². The van der Waals surface area contributed by atoms with Gasteiger partial charge in [-0.25, -0.2) is 0 Å². The molecule has 0 fully saturated rings. The molecule has 0 saturated heterocycles. The van der Waals surface area contributed by atoms with Crippen LogP contribution in [-0.4, -0.2) is 16.6 Å². The maximum Gasteiger partial charge on any atom is 0.265 e. The molecule has 4 rings (SSSR count). The lowest BCUT2D eigenvalue weighted by atomic mass is 10.1. The lowest BCUT2D eigenvalue weighted by Crippen LogP contribution is -2.30. The Morgan fingerprint density at radius 2 is 1.75 bits per heavy atom. The van der Waals surface area contributed by atoms with E-state index in [1.54, 1.807) is 6.92 Å². The average Bonchev–Trinajstić information content (AvgIpc) is 3.02. The number of para-hydroxylation sites is 1. The Labute approximate surface area is 172 Å². The minimum Gasteiger partial charge on any atom is -0.481 e. The number of aromatic nitrogens is 1. The summed E-state index contributed by atoms with van der Waals surface area (Å²) in [5.41, 5.74) is 3.14. The van der Waals surface area contributed by atoms with E-state index in [1.807, 2.05) is 42.5 Å². The number of carbonyl (C=O) groups is 1. The van der Waals surface area contributed by atoms with Crippen LogP contribution in [-0.2, 0) is 11.3 Å². The molecule has 0 aliphatic rings. The van der Waals surface area contributed by atoms with Crippen LogP contribution in [0, 0.1) is 0 Å². The van der Waals surface area contributed by atoms with Crippen LogP contribution in [0.4, 0.5) is 5.69 Å². The molecule has 5 heteroatoms. The Bertz CT molecular complexity index is 1150. The van der Waals surface area contributed by atoms with Crippen molar-refractivity contribution in [1.82, 2.24) is 4.57 Å². The number of rotatable bonds is 5. The number of halogens is 1. The van der Waals surface area contributed by atoms with Gasteiger partial charge in [0.2, 0.25) is 0 Å². The number of ether oxygens (including phenoxy) is 1. The van der Waals surface area contributed by atoms with Crippen LogP contribution in [0.15, 0.2) is 71.2 Å². The normalized spacial score (nSPS) is 12.2. The van der Waals surface area contributed by atoms with Crippen molar-refractivity contribution in [1.29, 1.82) is 0 Å². The Hall–Kier alpha value is -2.79. The second kappa shape index (κ2) is 7.68. The SMILES string of the molecule is CCn1c2ccccc2c2cc(NC(=O)[C@H](C)Oc3ccc(Br)cc3)ccc21. The van der Waals surface area contributed by atoms with Crippen molar-refractivity contribution in [2.75, 3.05) is 5.32 Å². The molecule has 1 heterocycles. The summed E-state index contributed by atoms with van der Waals surface area (Å²) in [6.07, 6.45) is -0.603. The molecule has 0 spiro atoms. The van der Waals surface area contributed by atoms with E-state index >= 15 is 0 Å². The molecule has 0 unspecified atom stereocenters. The van der Waals surface area contributed by atoms with Crippen LogP contribution in [0.3, 0.4) is 0 Å². The van der Waals surface area contributed by atoms with Gasteiger partial charge < -0.3 is 14.6 Å². The number of anilines is 1. The summed E-state index contributed by atoms with van der Waals surface area (Å²) in [6.45, 7) is 4.79. The van der Waals surface area contributed by atoms with Crippen molar-refractivity contribution < 1.29 is 9.53 Å². The van der Waals surface area contributed by atoms with Crippen LogP contribution in [0.25, 0.3) is 21.8 Å². The summed E-state index contributed by atoms with van der Waals surface area (Å²) in [6, 6.07) is 21.8. The fraction of sp³-hybridized carbons (Fsp3) is 0.174. The first-order chi connectivity index (χ1) is 13.6. The van der Waals surface area contributed by atoms with E-state index in [1.165, 1.54) is 16.4 Å². The van der Waals surface area contributed by atoms with E-state index in [0.717, 1.165) is 22.1 Å². The lowest BCUT2D eigenvalue weighted by molar-refractivity contribution is -0.122. The van der Waals surface area contributed by atoms with Gasteiger partial charge in [-0.05, 0) is 62.4 Å². The average molecular weight is 437 g/mol. The van der Waals surface area contributed by atoms with E-state index in [4.69, 9.17) is 4.74 Å². The Balaban J connectivity index is 1.58. The maximum absolute atomic E-state index is 12.6. The van der Waals surface area contributed by atoms with Gasteiger partial charge in [-0.3, -0.25) is 4.79 Å². The molecule has 0 bridgehead atoms. The number of hydrogen-bond donors (Lipinski definition) is 1. The first-order valence-electron chi connectivity index (χ1n) is 9.31. The smallest absolute Gasteiger partial charge is 0.265 e. The van der Waals surface area contributed by atoms with Crippen molar-refractivity contribution in [2.45, 2.75) is 26.5 Å². The third-order valence-electron chi connectivity index (χ3n) is 4.85. The van der Waals surface area contributed by atoms with Gasteiger partial charge in [0.1, 0.15) is 5.75 Å². The zero-order chi connectivity index (χ0) is 19.7. The van der Waals surface area contributed by atoms with E-state index in [9.17, 15) is 4.79 Å². The Kier molecular flexibility index (Phi) is 5.09.